The molecule has 0 saturated heterocycles. The monoisotopic (exact) mass is 695 g/mol. The summed E-state index contributed by atoms with van der Waals surface area (Å²) in [6.07, 6.45) is 32.5. The van der Waals surface area contributed by atoms with E-state index >= 15 is 0 Å². The van der Waals surface area contributed by atoms with Crippen molar-refractivity contribution in [2.24, 2.45) is 11.8 Å². The largest absolute Gasteiger partial charge is 0.462 e. The van der Waals surface area contributed by atoms with Crippen molar-refractivity contribution in [1.82, 2.24) is 0 Å². The normalized spacial score (nSPS) is 12.1. The fourth-order valence-corrected chi connectivity index (χ4v) is 6.22. The van der Waals surface area contributed by atoms with E-state index in [1.807, 2.05) is 0 Å². The summed E-state index contributed by atoms with van der Waals surface area (Å²) >= 11 is 0. The summed E-state index contributed by atoms with van der Waals surface area (Å²) in [6, 6.07) is 0. The number of ether oxygens (including phenoxy) is 3. The maximum absolute atomic E-state index is 12.6. The molecular formula is C43H82O6. The molecular weight excluding hydrogens is 612 g/mol. The number of esters is 3. The highest BCUT2D eigenvalue weighted by atomic mass is 16.6. The zero-order chi connectivity index (χ0) is 36.2. The first kappa shape index (κ1) is 47.4. The molecule has 6 heteroatoms. The van der Waals surface area contributed by atoms with Crippen LogP contribution in [-0.2, 0) is 28.6 Å². The first-order chi connectivity index (χ1) is 23.7. The fourth-order valence-electron chi connectivity index (χ4n) is 6.22. The first-order valence-electron chi connectivity index (χ1n) is 21.2. The molecule has 6 nitrogen and oxygen atoms in total. The lowest BCUT2D eigenvalue weighted by atomic mass is 10.0. The third-order valence-corrected chi connectivity index (χ3v) is 9.47. The van der Waals surface area contributed by atoms with Gasteiger partial charge in [-0.2, -0.15) is 0 Å². The Morgan fingerprint density at radius 3 is 1.00 bits per heavy atom. The number of carbonyl (C=O) groups excluding carboxylic acids is 3. The molecule has 0 aliphatic heterocycles. The minimum atomic E-state index is -0.759. The van der Waals surface area contributed by atoms with Gasteiger partial charge in [-0.25, -0.2) is 0 Å². The smallest absolute Gasteiger partial charge is 0.306 e. The van der Waals surface area contributed by atoms with E-state index in [0.717, 1.165) is 69.6 Å². The van der Waals surface area contributed by atoms with Gasteiger partial charge in [-0.05, 0) is 31.1 Å². The molecule has 1 atom stereocenters. The van der Waals surface area contributed by atoms with E-state index < -0.39 is 6.10 Å². The number of hydrogen-bond acceptors (Lipinski definition) is 6. The van der Waals surface area contributed by atoms with Crippen LogP contribution in [0.3, 0.4) is 0 Å². The third-order valence-electron chi connectivity index (χ3n) is 9.47. The number of rotatable bonds is 37. The van der Waals surface area contributed by atoms with E-state index in [0.29, 0.717) is 19.3 Å². The summed E-state index contributed by atoms with van der Waals surface area (Å²) in [5.41, 5.74) is 0. The second-order valence-corrected chi connectivity index (χ2v) is 15.6. The van der Waals surface area contributed by atoms with Crippen molar-refractivity contribution in [3.8, 4) is 0 Å². The van der Waals surface area contributed by atoms with Crippen LogP contribution in [0, 0.1) is 11.8 Å². The van der Waals surface area contributed by atoms with Gasteiger partial charge in [0.1, 0.15) is 13.2 Å². The van der Waals surface area contributed by atoms with Crippen LogP contribution in [0.25, 0.3) is 0 Å². The lowest BCUT2D eigenvalue weighted by Crippen LogP contribution is -2.30. The Labute approximate surface area is 304 Å². The SMILES string of the molecule is CCCCCCCCCC(=O)OC[C@H](COC(=O)CCCCCCCCC(C)C)OC(=O)CCCCCCCCCCCCCCC(C)C. The summed E-state index contributed by atoms with van der Waals surface area (Å²) in [5, 5.41) is 0. The van der Waals surface area contributed by atoms with Gasteiger partial charge in [0.25, 0.3) is 0 Å². The van der Waals surface area contributed by atoms with E-state index in [1.165, 1.54) is 116 Å². The number of hydrogen-bond donors (Lipinski definition) is 0. The van der Waals surface area contributed by atoms with Gasteiger partial charge < -0.3 is 14.2 Å². The van der Waals surface area contributed by atoms with Crippen LogP contribution < -0.4 is 0 Å². The Bertz CT molecular complexity index is 749. The lowest BCUT2D eigenvalue weighted by Gasteiger charge is -2.18. The van der Waals surface area contributed by atoms with Crippen molar-refractivity contribution in [3.63, 3.8) is 0 Å². The van der Waals surface area contributed by atoms with Gasteiger partial charge >= 0.3 is 17.9 Å². The Morgan fingerprint density at radius 2 is 0.673 bits per heavy atom. The van der Waals surface area contributed by atoms with Crippen molar-refractivity contribution in [2.45, 2.75) is 233 Å². The van der Waals surface area contributed by atoms with Gasteiger partial charge in [0, 0.05) is 19.3 Å². The summed E-state index contributed by atoms with van der Waals surface area (Å²) < 4.78 is 16.6. The molecule has 0 saturated carbocycles. The van der Waals surface area contributed by atoms with Gasteiger partial charge in [0.15, 0.2) is 6.10 Å². The van der Waals surface area contributed by atoms with Gasteiger partial charge in [0.05, 0.1) is 0 Å². The van der Waals surface area contributed by atoms with Gasteiger partial charge in [0.2, 0.25) is 0 Å². The third kappa shape index (κ3) is 37.5. The van der Waals surface area contributed by atoms with Crippen molar-refractivity contribution in [2.75, 3.05) is 13.2 Å². The summed E-state index contributed by atoms with van der Waals surface area (Å²) in [5.74, 6) is 0.723. The zero-order valence-corrected chi connectivity index (χ0v) is 33.3. The zero-order valence-electron chi connectivity index (χ0n) is 33.3. The van der Waals surface area contributed by atoms with Crippen LogP contribution >= 0.6 is 0 Å². The molecule has 0 aromatic carbocycles. The van der Waals surface area contributed by atoms with E-state index in [-0.39, 0.29) is 31.1 Å². The molecule has 0 heterocycles. The molecule has 0 aromatic heterocycles. The topological polar surface area (TPSA) is 78.9 Å². The lowest BCUT2D eigenvalue weighted by molar-refractivity contribution is -0.167. The van der Waals surface area contributed by atoms with E-state index in [1.54, 1.807) is 0 Å². The first-order valence-corrected chi connectivity index (χ1v) is 21.2. The fraction of sp³-hybridized carbons (Fsp3) is 0.930. The van der Waals surface area contributed by atoms with Gasteiger partial charge in [-0.15, -0.1) is 0 Å². The average Bonchev–Trinajstić information content (AvgIpc) is 3.06. The maximum atomic E-state index is 12.6. The quantitative estimate of drug-likeness (QED) is 0.0366. The van der Waals surface area contributed by atoms with Gasteiger partial charge in [-0.1, -0.05) is 189 Å². The minimum absolute atomic E-state index is 0.0668. The predicted octanol–water partition coefficient (Wildman–Crippen LogP) is 13.0. The molecule has 0 spiro atoms. The van der Waals surface area contributed by atoms with E-state index in [4.69, 9.17) is 14.2 Å². The molecule has 0 unspecified atom stereocenters. The van der Waals surface area contributed by atoms with E-state index in [9.17, 15) is 14.4 Å². The Balaban J connectivity index is 4.28. The molecule has 49 heavy (non-hydrogen) atoms. The van der Waals surface area contributed by atoms with Crippen LogP contribution in [0.1, 0.15) is 227 Å². The molecule has 0 aliphatic carbocycles. The summed E-state index contributed by atoms with van der Waals surface area (Å²) in [7, 11) is 0. The molecule has 0 aliphatic rings. The Kier molecular flexibility index (Phi) is 35.0. The Morgan fingerprint density at radius 1 is 0.388 bits per heavy atom. The molecule has 0 rings (SSSR count). The number of unbranched alkanes of at least 4 members (excludes halogenated alkanes) is 22. The van der Waals surface area contributed by atoms with Crippen LogP contribution in [0.4, 0.5) is 0 Å². The van der Waals surface area contributed by atoms with Crippen molar-refractivity contribution >= 4 is 17.9 Å². The maximum Gasteiger partial charge on any atom is 0.306 e. The molecule has 290 valence electrons. The van der Waals surface area contributed by atoms with Crippen LogP contribution in [-0.4, -0.2) is 37.2 Å². The highest BCUT2D eigenvalue weighted by Crippen LogP contribution is 2.16. The number of carbonyl (C=O) groups is 3. The van der Waals surface area contributed by atoms with Crippen molar-refractivity contribution in [3.05, 3.63) is 0 Å². The summed E-state index contributed by atoms with van der Waals surface area (Å²) in [4.78, 5) is 37.4. The highest BCUT2D eigenvalue weighted by Gasteiger charge is 2.19. The van der Waals surface area contributed by atoms with Crippen molar-refractivity contribution < 1.29 is 28.6 Å². The highest BCUT2D eigenvalue weighted by molar-refractivity contribution is 5.71. The molecule has 0 radical (unpaired) electrons. The van der Waals surface area contributed by atoms with Gasteiger partial charge in [-0.3, -0.25) is 14.4 Å². The van der Waals surface area contributed by atoms with E-state index in [2.05, 4.69) is 34.6 Å². The standard InChI is InChI=1S/C43H82O6/c1-6-7-8-9-16-23-28-33-41(44)47-36-40(37-48-42(45)34-29-24-20-19-22-27-32-39(4)5)49-43(46)35-30-25-18-15-13-11-10-12-14-17-21-26-31-38(2)3/h38-40H,6-37H2,1-5H3/t40-/m1/s1. The van der Waals surface area contributed by atoms with Crippen LogP contribution in [0.2, 0.25) is 0 Å². The molecule has 0 N–H and O–H groups in total. The molecule has 0 fully saturated rings. The molecule has 0 aromatic rings. The van der Waals surface area contributed by atoms with Crippen LogP contribution in [0.5, 0.6) is 0 Å². The summed E-state index contributed by atoms with van der Waals surface area (Å²) in [6.45, 7) is 11.2. The molecule has 0 amide bonds. The predicted molar refractivity (Wildman–Crippen MR) is 206 cm³/mol. The second kappa shape index (κ2) is 36.2. The van der Waals surface area contributed by atoms with Crippen LogP contribution in [0.15, 0.2) is 0 Å². The van der Waals surface area contributed by atoms with Crippen molar-refractivity contribution in [1.29, 1.82) is 0 Å². The second-order valence-electron chi connectivity index (χ2n) is 15.6. The Hall–Kier alpha value is -1.59. The minimum Gasteiger partial charge on any atom is -0.462 e. The average molecular weight is 695 g/mol. The molecule has 0 bridgehead atoms.